The Labute approximate surface area is 242 Å². The Morgan fingerprint density at radius 2 is 1.90 bits per heavy atom. The van der Waals surface area contributed by atoms with Gasteiger partial charge in [-0.15, -0.1) is 10.2 Å². The van der Waals surface area contributed by atoms with Crippen LogP contribution >= 0.6 is 11.6 Å². The van der Waals surface area contributed by atoms with Gasteiger partial charge in [-0.05, 0) is 60.7 Å². The van der Waals surface area contributed by atoms with E-state index in [0.717, 1.165) is 16.7 Å². The van der Waals surface area contributed by atoms with Crippen LogP contribution in [0, 0.1) is 0 Å². The summed E-state index contributed by atoms with van der Waals surface area (Å²) in [4.78, 5) is 35.6. The second kappa shape index (κ2) is 11.4. The van der Waals surface area contributed by atoms with Gasteiger partial charge in [-0.3, -0.25) is 19.2 Å². The first-order valence-electron chi connectivity index (χ1n) is 13.6. The number of imidazole rings is 1. The second-order valence-electron chi connectivity index (χ2n) is 10.5. The third-order valence-electron chi connectivity index (χ3n) is 7.65. The molecule has 1 saturated heterocycles. The van der Waals surface area contributed by atoms with E-state index in [1.807, 2.05) is 12.1 Å². The van der Waals surface area contributed by atoms with Crippen LogP contribution in [0.4, 0.5) is 13.2 Å². The largest absolute Gasteiger partial charge is 0.420 e. The zero-order valence-electron chi connectivity index (χ0n) is 22.4. The summed E-state index contributed by atoms with van der Waals surface area (Å²) in [5.74, 6) is 0.207. The van der Waals surface area contributed by atoms with Crippen molar-refractivity contribution in [1.29, 1.82) is 0 Å². The molecule has 0 radical (unpaired) electrons. The van der Waals surface area contributed by atoms with E-state index in [9.17, 15) is 22.8 Å². The van der Waals surface area contributed by atoms with Crippen molar-refractivity contribution < 1.29 is 22.4 Å². The summed E-state index contributed by atoms with van der Waals surface area (Å²) < 4.78 is 45.7. The van der Waals surface area contributed by atoms with Gasteiger partial charge in [0, 0.05) is 49.0 Å². The molecule has 0 unspecified atom stereocenters. The first-order chi connectivity index (χ1) is 20.1. The number of halogens is 4. The quantitative estimate of drug-likeness (QED) is 0.347. The standard InChI is InChI=1S/C28H27ClF3N7O3/c29-20-13-18(17-3-8-37(9-4-17)16-28(30,31)32)12-19(14-20)26-36-35-23(42-26)15-24(40)38-10-5-21(6-11-38)39-22-2-1-7-33-25(22)34-27(39)41/h1-3,7,12-14,21H,4-6,8-11,15-16H2,(H,33,34,41). The Hall–Kier alpha value is -3.97. The second-order valence-corrected chi connectivity index (χ2v) is 11.0. The van der Waals surface area contributed by atoms with Crippen molar-refractivity contribution in [2.24, 2.45) is 0 Å². The predicted octanol–water partition coefficient (Wildman–Crippen LogP) is 4.49. The molecule has 10 nitrogen and oxygen atoms in total. The molecule has 3 aromatic heterocycles. The van der Waals surface area contributed by atoms with E-state index in [4.69, 9.17) is 16.0 Å². The lowest BCUT2D eigenvalue weighted by molar-refractivity contribution is -0.144. The molecule has 4 aromatic rings. The van der Waals surface area contributed by atoms with Crippen LogP contribution in [0.1, 0.15) is 36.8 Å². The Kier molecular flexibility index (Phi) is 7.62. The van der Waals surface area contributed by atoms with Crippen LogP contribution in [0.5, 0.6) is 0 Å². The number of pyridine rings is 1. The summed E-state index contributed by atoms with van der Waals surface area (Å²) in [7, 11) is 0. The van der Waals surface area contributed by atoms with Crippen LogP contribution in [-0.2, 0) is 11.2 Å². The van der Waals surface area contributed by atoms with Gasteiger partial charge in [0.2, 0.25) is 17.7 Å². The van der Waals surface area contributed by atoms with Crippen molar-refractivity contribution in [2.75, 3.05) is 32.7 Å². The molecule has 2 aliphatic heterocycles. The molecule has 1 aromatic carbocycles. The monoisotopic (exact) mass is 601 g/mol. The van der Waals surface area contributed by atoms with Crippen LogP contribution in [0.15, 0.2) is 51.8 Å². The number of nitrogens with zero attached hydrogens (tertiary/aromatic N) is 6. The molecule has 1 N–H and O–H groups in total. The lowest BCUT2D eigenvalue weighted by Crippen LogP contribution is -2.41. The first-order valence-corrected chi connectivity index (χ1v) is 14.0. The van der Waals surface area contributed by atoms with Crippen molar-refractivity contribution in [3.05, 3.63) is 69.6 Å². The highest BCUT2D eigenvalue weighted by atomic mass is 35.5. The number of aromatic nitrogens is 5. The number of alkyl halides is 3. The maximum Gasteiger partial charge on any atom is 0.401 e. The Morgan fingerprint density at radius 1 is 1.12 bits per heavy atom. The average Bonchev–Trinajstić information content (AvgIpc) is 3.56. The number of hydrogen-bond acceptors (Lipinski definition) is 7. The minimum absolute atomic E-state index is 0.0430. The molecule has 14 heteroatoms. The van der Waals surface area contributed by atoms with Crippen molar-refractivity contribution in [3.63, 3.8) is 0 Å². The zero-order chi connectivity index (χ0) is 29.4. The fraction of sp³-hybridized carbons (Fsp3) is 0.393. The van der Waals surface area contributed by atoms with Crippen LogP contribution in [0.3, 0.4) is 0 Å². The molecule has 42 heavy (non-hydrogen) atoms. The number of carbonyl (C=O) groups is 1. The van der Waals surface area contributed by atoms with Crippen molar-refractivity contribution >= 4 is 34.2 Å². The number of carbonyl (C=O) groups excluding carboxylic acids is 1. The maximum absolute atomic E-state index is 13.0. The van der Waals surface area contributed by atoms with Crippen LogP contribution < -0.4 is 5.69 Å². The number of fused-ring (bicyclic) bond motifs is 1. The number of benzene rings is 1. The van der Waals surface area contributed by atoms with E-state index < -0.39 is 12.7 Å². The third-order valence-corrected chi connectivity index (χ3v) is 7.87. The highest BCUT2D eigenvalue weighted by molar-refractivity contribution is 6.31. The van der Waals surface area contributed by atoms with Crippen LogP contribution in [0.2, 0.25) is 5.02 Å². The van der Waals surface area contributed by atoms with Gasteiger partial charge in [-0.1, -0.05) is 17.7 Å². The predicted molar refractivity (Wildman–Crippen MR) is 149 cm³/mol. The van der Waals surface area contributed by atoms with Gasteiger partial charge in [0.05, 0.1) is 12.1 Å². The third kappa shape index (κ3) is 6.12. The number of hydrogen-bond donors (Lipinski definition) is 1. The molecular weight excluding hydrogens is 575 g/mol. The van der Waals surface area contributed by atoms with Gasteiger partial charge in [0.15, 0.2) is 5.65 Å². The SMILES string of the molecule is O=C(Cc1nnc(-c2cc(Cl)cc(C3=CCN(CC(F)(F)F)CC3)c2)o1)N1CCC(n2c(=O)[nH]c3ncccc32)CC1. The van der Waals surface area contributed by atoms with Gasteiger partial charge in [0.25, 0.3) is 0 Å². The number of amides is 1. The molecule has 0 aliphatic carbocycles. The Balaban J connectivity index is 1.09. The smallest absolute Gasteiger partial charge is 0.401 e. The van der Waals surface area contributed by atoms with Crippen molar-refractivity contribution in [1.82, 2.24) is 34.5 Å². The Morgan fingerprint density at radius 3 is 2.64 bits per heavy atom. The van der Waals surface area contributed by atoms with Crippen molar-refractivity contribution in [3.8, 4) is 11.5 Å². The minimum atomic E-state index is -4.24. The molecule has 0 saturated carbocycles. The number of H-pyrrole nitrogens is 1. The molecule has 2 aliphatic rings. The number of rotatable bonds is 6. The molecule has 5 heterocycles. The van der Waals surface area contributed by atoms with Crippen molar-refractivity contribution in [2.45, 2.75) is 37.9 Å². The summed E-state index contributed by atoms with van der Waals surface area (Å²) in [5, 5.41) is 8.58. The molecule has 0 spiro atoms. The van der Waals surface area contributed by atoms with Gasteiger partial charge in [-0.25, -0.2) is 9.78 Å². The normalized spacial score (nSPS) is 17.1. The summed E-state index contributed by atoms with van der Waals surface area (Å²) in [6, 6.07) is 8.82. The molecule has 6 rings (SSSR count). The topological polar surface area (TPSA) is 113 Å². The van der Waals surface area contributed by atoms with Gasteiger partial charge >= 0.3 is 11.9 Å². The molecule has 220 valence electrons. The van der Waals surface area contributed by atoms with Crippen LogP contribution in [0.25, 0.3) is 28.2 Å². The number of nitrogens with one attached hydrogen (secondary N) is 1. The summed E-state index contributed by atoms with van der Waals surface area (Å²) in [6.45, 7) is 0.498. The maximum atomic E-state index is 13.0. The van der Waals surface area contributed by atoms with Gasteiger partial charge < -0.3 is 9.32 Å². The molecule has 1 amide bonds. The average molecular weight is 602 g/mol. The molecule has 0 atom stereocenters. The van der Waals surface area contributed by atoms with E-state index in [2.05, 4.69) is 20.2 Å². The number of likely N-dealkylation sites (tertiary alicyclic amines) is 1. The van der Waals surface area contributed by atoms with E-state index in [1.165, 1.54) is 4.90 Å². The van der Waals surface area contributed by atoms with E-state index in [-0.39, 0.29) is 48.9 Å². The minimum Gasteiger partial charge on any atom is -0.420 e. The highest BCUT2D eigenvalue weighted by Gasteiger charge is 2.31. The fourth-order valence-electron chi connectivity index (χ4n) is 5.65. The lowest BCUT2D eigenvalue weighted by atomic mass is 9.97. The summed E-state index contributed by atoms with van der Waals surface area (Å²) >= 11 is 6.35. The lowest BCUT2D eigenvalue weighted by Gasteiger charge is -2.32. The van der Waals surface area contributed by atoms with E-state index >= 15 is 0 Å². The fourth-order valence-corrected chi connectivity index (χ4v) is 5.88. The first kappa shape index (κ1) is 28.2. The number of piperidine rings is 1. The molecule has 1 fully saturated rings. The van der Waals surface area contributed by atoms with Gasteiger partial charge in [0.1, 0.15) is 6.42 Å². The van der Waals surface area contributed by atoms with Crippen LogP contribution in [-0.4, -0.2) is 79.3 Å². The summed E-state index contributed by atoms with van der Waals surface area (Å²) in [6.07, 6.45) is 0.792. The number of aromatic amines is 1. The van der Waals surface area contributed by atoms with E-state index in [1.54, 1.807) is 39.9 Å². The highest BCUT2D eigenvalue weighted by Crippen LogP contribution is 2.31. The Bertz CT molecular complexity index is 1700. The van der Waals surface area contributed by atoms with Gasteiger partial charge in [-0.2, -0.15) is 13.2 Å². The molecular formula is C28H27ClF3N7O3. The molecule has 0 bridgehead atoms. The zero-order valence-corrected chi connectivity index (χ0v) is 23.2. The summed E-state index contributed by atoms with van der Waals surface area (Å²) in [5.41, 5.74) is 3.30. The van der Waals surface area contributed by atoms with E-state index in [0.29, 0.717) is 48.6 Å².